The summed E-state index contributed by atoms with van der Waals surface area (Å²) in [6, 6.07) is 0. The van der Waals surface area contributed by atoms with Gasteiger partial charge in [0.1, 0.15) is 0 Å². The van der Waals surface area contributed by atoms with Gasteiger partial charge in [-0.3, -0.25) is 0 Å². The Morgan fingerprint density at radius 3 is 2.73 bits per heavy atom. The van der Waals surface area contributed by atoms with E-state index in [1.165, 1.54) is 19.3 Å². The van der Waals surface area contributed by atoms with Crippen molar-refractivity contribution in [3.63, 3.8) is 0 Å². The molecular formula is C9H14OS. The normalized spacial score (nSPS) is 39.5. The summed E-state index contributed by atoms with van der Waals surface area (Å²) in [6.45, 7) is 2.29. The van der Waals surface area contributed by atoms with Gasteiger partial charge in [-0.2, -0.15) is 0 Å². The Bertz CT molecular complexity index is 184. The molecule has 0 saturated heterocycles. The topological polar surface area (TPSA) is 20.2 Å². The van der Waals surface area contributed by atoms with Crippen molar-refractivity contribution in [2.75, 3.05) is 0 Å². The van der Waals surface area contributed by atoms with Gasteiger partial charge >= 0.3 is 0 Å². The zero-order valence-electron chi connectivity index (χ0n) is 6.79. The van der Waals surface area contributed by atoms with Gasteiger partial charge in [0.2, 0.25) is 0 Å². The van der Waals surface area contributed by atoms with E-state index in [1.807, 2.05) is 0 Å². The van der Waals surface area contributed by atoms with Gasteiger partial charge in [-0.15, -0.1) is 0 Å². The Morgan fingerprint density at radius 1 is 1.45 bits per heavy atom. The summed E-state index contributed by atoms with van der Waals surface area (Å²) < 4.78 is 8.90. The van der Waals surface area contributed by atoms with Crippen molar-refractivity contribution in [2.45, 2.75) is 31.4 Å². The van der Waals surface area contributed by atoms with Crippen molar-refractivity contribution < 1.29 is 4.55 Å². The number of rotatable bonds is 1. The summed E-state index contributed by atoms with van der Waals surface area (Å²) >= 11 is 1.00. The fraction of sp³-hybridized carbons (Fsp3) is 0.778. The van der Waals surface area contributed by atoms with Crippen LogP contribution in [0.2, 0.25) is 0 Å². The second kappa shape index (κ2) is 2.53. The minimum absolute atomic E-state index is 0.369. The molecule has 0 amide bonds. The van der Waals surface area contributed by atoms with E-state index in [2.05, 4.69) is 19.1 Å². The van der Waals surface area contributed by atoms with Crippen LogP contribution in [0.1, 0.15) is 26.2 Å². The standard InChI is InChI=1S/C9H14OS/c1-7-2-3-8(11-10)6-9(7)4-5-9/h2-3,7-8,10H,4-6H2,1H3. The van der Waals surface area contributed by atoms with Gasteiger partial charge in [0.25, 0.3) is 0 Å². The van der Waals surface area contributed by atoms with Gasteiger partial charge in [0.15, 0.2) is 0 Å². The summed E-state index contributed by atoms with van der Waals surface area (Å²) in [5.74, 6) is 0.742. The highest BCUT2D eigenvalue weighted by Crippen LogP contribution is 2.58. The maximum absolute atomic E-state index is 8.90. The van der Waals surface area contributed by atoms with Crippen molar-refractivity contribution in [1.82, 2.24) is 0 Å². The van der Waals surface area contributed by atoms with E-state index in [-0.39, 0.29) is 0 Å². The minimum Gasteiger partial charge on any atom is -0.329 e. The van der Waals surface area contributed by atoms with E-state index >= 15 is 0 Å². The van der Waals surface area contributed by atoms with Gasteiger partial charge in [0.05, 0.1) is 0 Å². The first-order chi connectivity index (χ1) is 5.27. The SMILES string of the molecule is CC1C=CC(SO)CC12CC2. The highest BCUT2D eigenvalue weighted by Gasteiger charge is 2.48. The molecule has 2 rings (SSSR count). The Morgan fingerprint density at radius 2 is 2.18 bits per heavy atom. The molecule has 0 bridgehead atoms. The molecule has 1 saturated carbocycles. The number of hydrogen-bond acceptors (Lipinski definition) is 2. The van der Waals surface area contributed by atoms with Crippen LogP contribution in [0.4, 0.5) is 0 Å². The van der Waals surface area contributed by atoms with Crippen molar-refractivity contribution in [3.8, 4) is 0 Å². The van der Waals surface area contributed by atoms with E-state index in [0.29, 0.717) is 10.7 Å². The maximum atomic E-state index is 8.90. The molecule has 2 heteroatoms. The first-order valence-corrected chi connectivity index (χ1v) is 5.09. The molecule has 1 fully saturated rings. The predicted molar refractivity (Wildman–Crippen MR) is 48.6 cm³/mol. The van der Waals surface area contributed by atoms with Crippen molar-refractivity contribution in [3.05, 3.63) is 12.2 Å². The second-order valence-corrected chi connectivity index (χ2v) is 4.70. The molecule has 11 heavy (non-hydrogen) atoms. The molecule has 0 aromatic carbocycles. The third kappa shape index (κ3) is 1.23. The van der Waals surface area contributed by atoms with Crippen LogP contribution in [0, 0.1) is 11.3 Å². The molecule has 2 aliphatic carbocycles. The first kappa shape index (κ1) is 7.69. The number of allylic oxidation sites excluding steroid dienone is 1. The van der Waals surface area contributed by atoms with Gasteiger partial charge in [0, 0.05) is 5.25 Å². The average molecular weight is 170 g/mol. The van der Waals surface area contributed by atoms with E-state index < -0.39 is 0 Å². The largest absolute Gasteiger partial charge is 0.329 e. The Balaban J connectivity index is 2.10. The van der Waals surface area contributed by atoms with Crippen LogP contribution in [0.15, 0.2) is 12.2 Å². The van der Waals surface area contributed by atoms with Crippen LogP contribution in [-0.2, 0) is 0 Å². The Labute approximate surface area is 72.1 Å². The highest BCUT2D eigenvalue weighted by atomic mass is 32.2. The average Bonchev–Trinajstić information content (AvgIpc) is 2.77. The third-order valence-corrected chi connectivity index (χ3v) is 3.81. The monoisotopic (exact) mass is 170 g/mol. The summed E-state index contributed by atoms with van der Waals surface area (Å²) in [7, 11) is 0. The van der Waals surface area contributed by atoms with Gasteiger partial charge in [-0.05, 0) is 42.6 Å². The molecule has 0 aromatic rings. The summed E-state index contributed by atoms with van der Waals surface area (Å²) in [4.78, 5) is 0. The van der Waals surface area contributed by atoms with Crippen LogP contribution in [0.3, 0.4) is 0 Å². The Kier molecular flexibility index (Phi) is 1.77. The maximum Gasteiger partial charge on any atom is 0.0494 e. The summed E-state index contributed by atoms with van der Waals surface area (Å²) in [5, 5.41) is 0.369. The quantitative estimate of drug-likeness (QED) is 0.482. The van der Waals surface area contributed by atoms with E-state index in [4.69, 9.17) is 4.55 Å². The fourth-order valence-corrected chi connectivity index (χ4v) is 2.61. The first-order valence-electron chi connectivity index (χ1n) is 4.25. The lowest BCUT2D eigenvalue weighted by Crippen LogP contribution is -2.20. The molecule has 1 nitrogen and oxygen atoms in total. The molecule has 0 heterocycles. The number of hydrogen-bond donors (Lipinski definition) is 1. The minimum atomic E-state index is 0.369. The molecule has 2 unspecified atom stereocenters. The fourth-order valence-electron chi connectivity index (χ4n) is 2.04. The second-order valence-electron chi connectivity index (χ2n) is 3.88. The molecule has 2 atom stereocenters. The van der Waals surface area contributed by atoms with E-state index in [0.717, 1.165) is 18.0 Å². The summed E-state index contributed by atoms with van der Waals surface area (Å²) in [6.07, 6.45) is 8.35. The van der Waals surface area contributed by atoms with Crippen LogP contribution in [0.5, 0.6) is 0 Å². The van der Waals surface area contributed by atoms with E-state index in [1.54, 1.807) is 0 Å². The zero-order valence-corrected chi connectivity index (χ0v) is 7.60. The van der Waals surface area contributed by atoms with Crippen molar-refractivity contribution in [1.29, 1.82) is 0 Å². The zero-order chi connectivity index (χ0) is 7.90. The lowest BCUT2D eigenvalue weighted by Gasteiger charge is -2.27. The molecule has 1 N–H and O–H groups in total. The van der Waals surface area contributed by atoms with Crippen LogP contribution < -0.4 is 0 Å². The third-order valence-electron chi connectivity index (χ3n) is 3.22. The van der Waals surface area contributed by atoms with Crippen molar-refractivity contribution >= 4 is 12.0 Å². The van der Waals surface area contributed by atoms with Gasteiger partial charge in [-0.1, -0.05) is 19.1 Å². The van der Waals surface area contributed by atoms with E-state index in [9.17, 15) is 0 Å². The van der Waals surface area contributed by atoms with Crippen LogP contribution in [0.25, 0.3) is 0 Å². The van der Waals surface area contributed by atoms with Crippen LogP contribution in [-0.4, -0.2) is 9.80 Å². The van der Waals surface area contributed by atoms with Gasteiger partial charge < -0.3 is 4.55 Å². The lowest BCUT2D eigenvalue weighted by molar-refractivity contribution is 0.355. The molecule has 0 radical (unpaired) electrons. The van der Waals surface area contributed by atoms with Gasteiger partial charge in [-0.25, -0.2) is 0 Å². The molecular weight excluding hydrogens is 156 g/mol. The predicted octanol–water partition coefficient (Wildman–Crippen LogP) is 2.94. The molecule has 2 aliphatic rings. The highest BCUT2D eigenvalue weighted by molar-refractivity contribution is 7.94. The Hall–Kier alpha value is 0.0500. The molecule has 0 aromatic heterocycles. The van der Waals surface area contributed by atoms with Crippen LogP contribution >= 0.6 is 12.0 Å². The molecule has 0 aliphatic heterocycles. The molecule has 1 spiro atoms. The smallest absolute Gasteiger partial charge is 0.0494 e. The lowest BCUT2D eigenvalue weighted by atomic mass is 9.82. The molecule has 62 valence electrons. The van der Waals surface area contributed by atoms with Crippen molar-refractivity contribution in [2.24, 2.45) is 11.3 Å². The summed E-state index contributed by atoms with van der Waals surface area (Å²) in [5.41, 5.74) is 0.592.